The molecule has 5 rings (SSSR count). The molecule has 0 unspecified atom stereocenters. The van der Waals surface area contributed by atoms with Crippen LogP contribution < -0.4 is 20.7 Å². The van der Waals surface area contributed by atoms with Gasteiger partial charge in [0.15, 0.2) is 0 Å². The average Bonchev–Trinajstić information content (AvgIpc) is 2.70. The molecule has 1 heterocycles. The first kappa shape index (κ1) is 16.1. The number of nitrogens with zero attached hydrogens (tertiary/aromatic N) is 2. The van der Waals surface area contributed by atoms with Crippen LogP contribution in [0.5, 0.6) is 0 Å². The van der Waals surface area contributed by atoms with E-state index in [0.29, 0.717) is 6.67 Å². The lowest BCUT2D eigenvalue weighted by atomic mass is 9.91. The summed E-state index contributed by atoms with van der Waals surface area (Å²) in [5.41, 5.74) is 5.83. The summed E-state index contributed by atoms with van der Waals surface area (Å²) in [6.07, 6.45) is 0. The Morgan fingerprint density at radius 1 is 0.519 bits per heavy atom. The standard InChI is InChI=1S/C23H16B2N2/c24-17-9-1-3-11-19(17)26-15-27(20-12-4-2-10-18(20)25)22-14-6-8-16-7-5-13-21(26)23(16)22/h1-14H,15H2. The highest BCUT2D eigenvalue weighted by Crippen LogP contribution is 2.44. The zero-order chi connectivity index (χ0) is 18.4. The third-order valence-electron chi connectivity index (χ3n) is 5.18. The van der Waals surface area contributed by atoms with Gasteiger partial charge >= 0.3 is 0 Å². The zero-order valence-corrected chi connectivity index (χ0v) is 14.8. The summed E-state index contributed by atoms with van der Waals surface area (Å²) in [5.74, 6) is 0. The van der Waals surface area contributed by atoms with Crippen LogP contribution in [0.3, 0.4) is 0 Å². The quantitative estimate of drug-likeness (QED) is 0.513. The Hall–Kier alpha value is -3.13. The average molecular weight is 342 g/mol. The molecule has 27 heavy (non-hydrogen) atoms. The van der Waals surface area contributed by atoms with Crippen LogP contribution >= 0.6 is 0 Å². The molecule has 0 atom stereocenters. The van der Waals surface area contributed by atoms with Crippen molar-refractivity contribution in [3.63, 3.8) is 0 Å². The minimum absolute atomic E-state index is 0.637. The second-order valence-corrected chi connectivity index (χ2v) is 6.77. The maximum absolute atomic E-state index is 6.33. The minimum atomic E-state index is 0.637. The fourth-order valence-corrected chi connectivity index (χ4v) is 3.92. The lowest BCUT2D eigenvalue weighted by Crippen LogP contribution is -2.39. The van der Waals surface area contributed by atoms with Crippen molar-refractivity contribution in [2.75, 3.05) is 16.5 Å². The summed E-state index contributed by atoms with van der Waals surface area (Å²) >= 11 is 0. The monoisotopic (exact) mass is 342 g/mol. The van der Waals surface area contributed by atoms with Crippen molar-refractivity contribution in [3.05, 3.63) is 84.9 Å². The molecule has 0 saturated carbocycles. The van der Waals surface area contributed by atoms with Crippen LogP contribution in [0.1, 0.15) is 0 Å². The second-order valence-electron chi connectivity index (χ2n) is 6.77. The van der Waals surface area contributed by atoms with Crippen molar-refractivity contribution in [3.8, 4) is 0 Å². The van der Waals surface area contributed by atoms with Gasteiger partial charge in [-0.2, -0.15) is 0 Å². The van der Waals surface area contributed by atoms with E-state index >= 15 is 0 Å². The van der Waals surface area contributed by atoms with E-state index in [1.807, 2.05) is 36.4 Å². The Labute approximate surface area is 161 Å². The third kappa shape index (κ3) is 2.52. The molecule has 0 fully saturated rings. The first-order valence-electron chi connectivity index (χ1n) is 9.00. The predicted molar refractivity (Wildman–Crippen MR) is 117 cm³/mol. The Morgan fingerprint density at radius 2 is 0.963 bits per heavy atom. The van der Waals surface area contributed by atoms with Gasteiger partial charge in [-0.25, -0.2) is 0 Å². The number of rotatable bonds is 2. The van der Waals surface area contributed by atoms with Crippen LogP contribution in [-0.4, -0.2) is 22.4 Å². The lowest BCUT2D eigenvalue weighted by Gasteiger charge is -2.41. The van der Waals surface area contributed by atoms with Crippen LogP contribution in [0.4, 0.5) is 22.7 Å². The van der Waals surface area contributed by atoms with E-state index in [-0.39, 0.29) is 0 Å². The van der Waals surface area contributed by atoms with Gasteiger partial charge < -0.3 is 9.80 Å². The highest BCUT2D eigenvalue weighted by molar-refractivity contribution is 6.37. The maximum Gasteiger partial charge on any atom is 0.116 e. The van der Waals surface area contributed by atoms with E-state index in [9.17, 15) is 0 Å². The largest absolute Gasteiger partial charge is 0.323 e. The maximum atomic E-state index is 6.33. The van der Waals surface area contributed by atoms with Gasteiger partial charge in [0, 0.05) is 16.8 Å². The highest BCUT2D eigenvalue weighted by Gasteiger charge is 2.27. The van der Waals surface area contributed by atoms with Gasteiger partial charge in [-0.1, -0.05) is 71.6 Å². The molecular formula is C23H16B2N2. The SMILES string of the molecule is [B]c1ccccc1N1CN(c2ccccc2[B])c2cccc3cccc1c23. The molecule has 4 aromatic carbocycles. The fourth-order valence-electron chi connectivity index (χ4n) is 3.92. The molecule has 0 aromatic heterocycles. The molecule has 0 amide bonds. The van der Waals surface area contributed by atoms with Gasteiger partial charge in [0.25, 0.3) is 0 Å². The third-order valence-corrected chi connectivity index (χ3v) is 5.18. The Bertz CT molecular complexity index is 1070. The zero-order valence-electron chi connectivity index (χ0n) is 14.8. The highest BCUT2D eigenvalue weighted by atomic mass is 15.3. The Balaban J connectivity index is 1.81. The second kappa shape index (κ2) is 6.24. The van der Waals surface area contributed by atoms with Crippen molar-refractivity contribution >= 4 is 60.1 Å². The molecule has 4 aromatic rings. The van der Waals surface area contributed by atoms with Crippen molar-refractivity contribution < 1.29 is 0 Å². The fraction of sp³-hybridized carbons (Fsp3) is 0.0435. The van der Waals surface area contributed by atoms with Gasteiger partial charge in [-0.05, 0) is 29.7 Å². The van der Waals surface area contributed by atoms with E-state index < -0.39 is 0 Å². The molecule has 124 valence electrons. The molecule has 1 aliphatic heterocycles. The van der Waals surface area contributed by atoms with Crippen molar-refractivity contribution in [2.24, 2.45) is 0 Å². The summed E-state index contributed by atoms with van der Waals surface area (Å²) < 4.78 is 0. The number of anilines is 4. The van der Waals surface area contributed by atoms with Crippen LogP contribution in [0.25, 0.3) is 10.8 Å². The molecule has 0 saturated heterocycles. The summed E-state index contributed by atoms with van der Waals surface area (Å²) in [7, 11) is 12.7. The summed E-state index contributed by atoms with van der Waals surface area (Å²) in [6, 6.07) is 28.8. The number of hydrogen-bond acceptors (Lipinski definition) is 2. The van der Waals surface area contributed by atoms with E-state index in [2.05, 4.69) is 58.3 Å². The Morgan fingerprint density at radius 3 is 1.44 bits per heavy atom. The smallest absolute Gasteiger partial charge is 0.116 e. The van der Waals surface area contributed by atoms with Crippen LogP contribution in [0.15, 0.2) is 84.9 Å². The molecule has 2 nitrogen and oxygen atoms in total. The lowest BCUT2D eigenvalue weighted by molar-refractivity contribution is 0.922. The number of benzene rings is 4. The van der Waals surface area contributed by atoms with Gasteiger partial charge in [0.05, 0.1) is 18.0 Å². The van der Waals surface area contributed by atoms with E-state index in [0.717, 1.165) is 33.7 Å². The molecule has 0 N–H and O–H groups in total. The molecule has 1 aliphatic rings. The van der Waals surface area contributed by atoms with Crippen LogP contribution in [0, 0.1) is 0 Å². The molecule has 4 radical (unpaired) electrons. The van der Waals surface area contributed by atoms with E-state index in [4.69, 9.17) is 15.7 Å². The van der Waals surface area contributed by atoms with E-state index in [1.54, 1.807) is 0 Å². The first-order valence-corrected chi connectivity index (χ1v) is 9.00. The molecule has 0 aliphatic carbocycles. The molecule has 0 spiro atoms. The van der Waals surface area contributed by atoms with Crippen molar-refractivity contribution in [1.82, 2.24) is 0 Å². The van der Waals surface area contributed by atoms with Crippen molar-refractivity contribution in [2.45, 2.75) is 0 Å². The number of para-hydroxylation sites is 2. The molecular weight excluding hydrogens is 326 g/mol. The summed E-state index contributed by atoms with van der Waals surface area (Å²) in [5, 5.41) is 2.40. The predicted octanol–water partition coefficient (Wildman–Crippen LogP) is 3.67. The summed E-state index contributed by atoms with van der Waals surface area (Å²) in [4.78, 5) is 4.52. The van der Waals surface area contributed by atoms with Gasteiger partial charge in [-0.15, -0.1) is 0 Å². The van der Waals surface area contributed by atoms with Gasteiger partial charge in [0.2, 0.25) is 0 Å². The van der Waals surface area contributed by atoms with Gasteiger partial charge in [-0.3, -0.25) is 0 Å². The van der Waals surface area contributed by atoms with Crippen LogP contribution in [-0.2, 0) is 0 Å². The topological polar surface area (TPSA) is 6.48 Å². The van der Waals surface area contributed by atoms with Crippen molar-refractivity contribution in [1.29, 1.82) is 0 Å². The Kier molecular flexibility index (Phi) is 3.71. The van der Waals surface area contributed by atoms with Gasteiger partial charge in [0.1, 0.15) is 15.7 Å². The van der Waals surface area contributed by atoms with Crippen LogP contribution in [0.2, 0.25) is 0 Å². The number of hydrogen-bond donors (Lipinski definition) is 0. The molecule has 0 bridgehead atoms. The van der Waals surface area contributed by atoms with E-state index in [1.165, 1.54) is 10.8 Å². The molecule has 4 heteroatoms. The normalized spacial score (nSPS) is 13.2. The summed E-state index contributed by atoms with van der Waals surface area (Å²) in [6.45, 7) is 0.637. The minimum Gasteiger partial charge on any atom is -0.323 e. The first-order chi connectivity index (χ1) is 13.2.